The summed E-state index contributed by atoms with van der Waals surface area (Å²) in [5, 5.41) is 5.07. The van der Waals surface area contributed by atoms with Crippen LogP contribution in [0.25, 0.3) is 11.1 Å². The van der Waals surface area contributed by atoms with Crippen LogP contribution >= 0.6 is 11.3 Å². The maximum atomic E-state index is 12.7. The minimum atomic E-state index is -0.474. The van der Waals surface area contributed by atoms with Gasteiger partial charge in [0.1, 0.15) is 10.6 Å². The zero-order chi connectivity index (χ0) is 22.4. The van der Waals surface area contributed by atoms with Gasteiger partial charge in [0.25, 0.3) is 5.91 Å². The molecule has 0 radical (unpaired) electrons. The van der Waals surface area contributed by atoms with Gasteiger partial charge < -0.3 is 19.5 Å². The van der Waals surface area contributed by atoms with Crippen LogP contribution in [0.2, 0.25) is 0 Å². The average molecular weight is 440 g/mol. The monoisotopic (exact) mass is 439 g/mol. The van der Waals surface area contributed by atoms with Crippen LogP contribution in [-0.4, -0.2) is 32.2 Å². The molecule has 0 bridgehead atoms. The molecular formula is C24H25NO5S. The molecule has 0 atom stereocenters. The molecule has 31 heavy (non-hydrogen) atoms. The van der Waals surface area contributed by atoms with Crippen LogP contribution in [0.3, 0.4) is 0 Å². The van der Waals surface area contributed by atoms with Crippen LogP contribution in [0.15, 0.2) is 47.8 Å². The number of benzene rings is 2. The van der Waals surface area contributed by atoms with Crippen LogP contribution in [-0.2, 0) is 9.53 Å². The van der Waals surface area contributed by atoms with Crippen molar-refractivity contribution in [3.8, 4) is 22.6 Å². The fourth-order valence-electron chi connectivity index (χ4n) is 3.02. The third-order valence-electron chi connectivity index (χ3n) is 4.77. The highest BCUT2D eigenvalue weighted by molar-refractivity contribution is 7.15. The summed E-state index contributed by atoms with van der Waals surface area (Å²) in [5.74, 6) is 0.145. The molecule has 6 nitrogen and oxygen atoms in total. The van der Waals surface area contributed by atoms with Crippen LogP contribution in [0.5, 0.6) is 11.5 Å². The number of thiophene rings is 1. The van der Waals surface area contributed by atoms with E-state index in [9.17, 15) is 9.59 Å². The summed E-state index contributed by atoms with van der Waals surface area (Å²) in [7, 11) is 1.54. The summed E-state index contributed by atoms with van der Waals surface area (Å²) in [6.07, 6.45) is 0. The van der Waals surface area contributed by atoms with E-state index in [0.29, 0.717) is 22.1 Å². The van der Waals surface area contributed by atoms with Gasteiger partial charge in [0.05, 0.1) is 13.7 Å². The lowest BCUT2D eigenvalue weighted by Gasteiger charge is -2.11. The first-order valence-electron chi connectivity index (χ1n) is 9.86. The van der Waals surface area contributed by atoms with Gasteiger partial charge in [0, 0.05) is 10.9 Å². The Hall–Kier alpha value is -3.32. The number of nitrogens with one attached hydrogen (secondary N) is 1. The Morgan fingerprint density at radius 3 is 2.45 bits per heavy atom. The van der Waals surface area contributed by atoms with Crippen molar-refractivity contribution in [2.45, 2.75) is 20.8 Å². The Labute approximate surface area is 185 Å². The topological polar surface area (TPSA) is 73.9 Å². The smallest absolute Gasteiger partial charge is 0.341 e. The molecular weight excluding hydrogens is 414 g/mol. The lowest BCUT2D eigenvalue weighted by Crippen LogP contribution is -2.21. The number of ether oxygens (including phenoxy) is 3. The molecule has 2 aromatic carbocycles. The summed E-state index contributed by atoms with van der Waals surface area (Å²) in [5.41, 5.74) is 4.26. The molecule has 0 saturated carbocycles. The second-order valence-electron chi connectivity index (χ2n) is 6.86. The fraction of sp³-hybridized carbons (Fsp3) is 0.250. The van der Waals surface area contributed by atoms with Crippen LogP contribution < -0.4 is 14.8 Å². The molecule has 0 fully saturated rings. The number of para-hydroxylation sites is 2. The fourth-order valence-corrected chi connectivity index (χ4v) is 3.99. The van der Waals surface area contributed by atoms with Gasteiger partial charge in [-0.2, -0.15) is 0 Å². The third-order valence-corrected chi connectivity index (χ3v) is 5.66. The molecule has 3 aromatic rings. The van der Waals surface area contributed by atoms with Gasteiger partial charge >= 0.3 is 5.97 Å². The first kappa shape index (κ1) is 22.4. The number of amides is 1. The Balaban J connectivity index is 1.83. The Morgan fingerprint density at radius 2 is 1.77 bits per heavy atom. The van der Waals surface area contributed by atoms with Crippen LogP contribution in [0.4, 0.5) is 5.00 Å². The number of esters is 1. The van der Waals surface area contributed by atoms with Gasteiger partial charge in [-0.25, -0.2) is 4.79 Å². The van der Waals surface area contributed by atoms with Crippen molar-refractivity contribution in [1.29, 1.82) is 0 Å². The van der Waals surface area contributed by atoms with Crippen molar-refractivity contribution in [2.75, 3.05) is 25.6 Å². The summed E-state index contributed by atoms with van der Waals surface area (Å²) in [6, 6.07) is 13.1. The first-order valence-corrected chi connectivity index (χ1v) is 10.7. The molecule has 0 spiro atoms. The number of hydrogen-bond donors (Lipinski definition) is 1. The van der Waals surface area contributed by atoms with E-state index >= 15 is 0 Å². The van der Waals surface area contributed by atoms with Crippen molar-refractivity contribution < 1.29 is 23.8 Å². The highest BCUT2D eigenvalue weighted by Gasteiger charge is 2.23. The summed E-state index contributed by atoms with van der Waals surface area (Å²) < 4.78 is 16.1. The highest BCUT2D eigenvalue weighted by atomic mass is 32.1. The second kappa shape index (κ2) is 10.1. The lowest BCUT2D eigenvalue weighted by molar-refractivity contribution is -0.118. The molecule has 0 unspecified atom stereocenters. The second-order valence-corrected chi connectivity index (χ2v) is 7.74. The Morgan fingerprint density at radius 1 is 1.03 bits per heavy atom. The number of anilines is 1. The predicted octanol–water partition coefficient (Wildman–Crippen LogP) is 5.23. The predicted molar refractivity (Wildman–Crippen MR) is 122 cm³/mol. The molecule has 0 aliphatic rings. The van der Waals surface area contributed by atoms with Crippen molar-refractivity contribution in [3.63, 3.8) is 0 Å². The molecule has 1 aromatic heterocycles. The molecule has 3 rings (SSSR count). The Kier molecular flexibility index (Phi) is 7.31. The summed E-state index contributed by atoms with van der Waals surface area (Å²) in [6.45, 7) is 5.82. The van der Waals surface area contributed by atoms with Gasteiger partial charge in [-0.1, -0.05) is 30.3 Å². The number of hydrogen-bond acceptors (Lipinski definition) is 6. The van der Waals surface area contributed by atoms with Crippen molar-refractivity contribution in [2.24, 2.45) is 0 Å². The van der Waals surface area contributed by atoms with E-state index in [1.54, 1.807) is 25.1 Å². The SMILES string of the molecule is CCOC(=O)c1c(-c2ccc(C)c(C)c2)csc1NC(=O)COc1ccccc1OC. The van der Waals surface area contributed by atoms with E-state index in [-0.39, 0.29) is 19.1 Å². The number of aryl methyl sites for hydroxylation is 2. The summed E-state index contributed by atoms with van der Waals surface area (Å²) >= 11 is 1.28. The minimum absolute atomic E-state index is 0.223. The number of rotatable bonds is 8. The third kappa shape index (κ3) is 5.24. The van der Waals surface area contributed by atoms with Gasteiger partial charge in [0.2, 0.25) is 0 Å². The van der Waals surface area contributed by atoms with E-state index in [1.165, 1.54) is 24.0 Å². The van der Waals surface area contributed by atoms with Gasteiger partial charge in [-0.15, -0.1) is 11.3 Å². The van der Waals surface area contributed by atoms with Gasteiger partial charge in [-0.3, -0.25) is 4.79 Å². The molecule has 1 amide bonds. The van der Waals surface area contributed by atoms with Crippen molar-refractivity contribution in [1.82, 2.24) is 0 Å². The van der Waals surface area contributed by atoms with Crippen LogP contribution in [0, 0.1) is 13.8 Å². The van der Waals surface area contributed by atoms with E-state index in [0.717, 1.165) is 16.7 Å². The first-order chi connectivity index (χ1) is 14.9. The van der Waals surface area contributed by atoms with Crippen LogP contribution in [0.1, 0.15) is 28.4 Å². The molecule has 0 aliphatic heterocycles. The maximum Gasteiger partial charge on any atom is 0.341 e. The average Bonchev–Trinajstić information content (AvgIpc) is 3.18. The molecule has 1 N–H and O–H groups in total. The maximum absolute atomic E-state index is 12.7. The number of carbonyl (C=O) groups is 2. The molecule has 0 saturated heterocycles. The zero-order valence-electron chi connectivity index (χ0n) is 18.0. The zero-order valence-corrected chi connectivity index (χ0v) is 18.8. The quantitative estimate of drug-likeness (QED) is 0.486. The van der Waals surface area contributed by atoms with E-state index in [2.05, 4.69) is 5.32 Å². The van der Waals surface area contributed by atoms with E-state index in [1.807, 2.05) is 43.5 Å². The summed E-state index contributed by atoms with van der Waals surface area (Å²) in [4.78, 5) is 25.2. The standard InChI is InChI=1S/C24H25NO5S/c1-5-29-24(27)22-18(17-11-10-15(2)16(3)12-17)14-31-23(22)25-21(26)13-30-20-9-7-6-8-19(20)28-4/h6-12,14H,5,13H2,1-4H3,(H,25,26). The largest absolute Gasteiger partial charge is 0.493 e. The minimum Gasteiger partial charge on any atom is -0.493 e. The van der Waals surface area contributed by atoms with Crippen molar-refractivity contribution >= 4 is 28.2 Å². The van der Waals surface area contributed by atoms with Crippen molar-refractivity contribution in [3.05, 3.63) is 64.5 Å². The normalized spacial score (nSPS) is 10.5. The van der Waals surface area contributed by atoms with Gasteiger partial charge in [0.15, 0.2) is 18.1 Å². The molecule has 0 aliphatic carbocycles. The number of methoxy groups -OCH3 is 1. The lowest BCUT2D eigenvalue weighted by atomic mass is 9.99. The van der Waals surface area contributed by atoms with E-state index in [4.69, 9.17) is 14.2 Å². The number of carbonyl (C=O) groups excluding carboxylic acids is 2. The van der Waals surface area contributed by atoms with E-state index < -0.39 is 5.97 Å². The highest BCUT2D eigenvalue weighted by Crippen LogP contribution is 2.37. The van der Waals surface area contributed by atoms with Gasteiger partial charge in [-0.05, 0) is 49.6 Å². The Bertz CT molecular complexity index is 1090. The molecule has 1 heterocycles. The molecule has 7 heteroatoms. The molecule has 162 valence electrons.